The van der Waals surface area contributed by atoms with Gasteiger partial charge in [0.15, 0.2) is 11.1 Å². The average Bonchev–Trinajstić information content (AvgIpc) is 2.75. The molecule has 0 saturated carbocycles. The predicted molar refractivity (Wildman–Crippen MR) is 117 cm³/mol. The van der Waals surface area contributed by atoms with Crippen LogP contribution in [-0.2, 0) is 16.6 Å². The van der Waals surface area contributed by atoms with E-state index in [1.54, 1.807) is 30.5 Å². The minimum Gasteiger partial charge on any atom is -0.354 e. The minimum absolute atomic E-state index is 0.200. The number of anilines is 3. The zero-order chi connectivity index (χ0) is 20.3. The molecule has 0 spiro atoms. The second kappa shape index (κ2) is 7.93. The molecule has 0 aliphatic heterocycles. The first-order valence-electron chi connectivity index (χ1n) is 9.43. The predicted octanol–water partition coefficient (Wildman–Crippen LogP) is 4.69. The Balaban J connectivity index is 1.93. The zero-order valence-corrected chi connectivity index (χ0v) is 16.9. The Morgan fingerprint density at radius 1 is 0.793 bits per heavy atom. The Kier molecular flexibility index (Phi) is 5.18. The monoisotopic (exact) mass is 404 g/mol. The Morgan fingerprint density at radius 3 is 2.03 bits per heavy atom. The van der Waals surface area contributed by atoms with Gasteiger partial charge in [-0.2, -0.15) is 4.57 Å². The van der Waals surface area contributed by atoms with Crippen molar-refractivity contribution in [3.63, 3.8) is 0 Å². The lowest BCUT2D eigenvalue weighted by Gasteiger charge is -2.15. The molecule has 4 rings (SSSR count). The molecule has 5 nitrogen and oxygen atoms in total. The largest absolute Gasteiger partial charge is 0.354 e. The van der Waals surface area contributed by atoms with Crippen LogP contribution in [-0.4, -0.2) is 8.42 Å². The highest BCUT2D eigenvalue weighted by Crippen LogP contribution is 2.32. The van der Waals surface area contributed by atoms with Gasteiger partial charge in [-0.3, -0.25) is 4.72 Å². The maximum Gasteiger partial charge on any atom is 0.269 e. The molecule has 0 radical (unpaired) electrons. The molecule has 146 valence electrons. The van der Waals surface area contributed by atoms with Gasteiger partial charge in [0.25, 0.3) is 10.0 Å². The van der Waals surface area contributed by atoms with Crippen LogP contribution in [0.1, 0.15) is 6.92 Å². The van der Waals surface area contributed by atoms with E-state index >= 15 is 0 Å². The van der Waals surface area contributed by atoms with Crippen molar-refractivity contribution in [2.45, 2.75) is 18.4 Å². The summed E-state index contributed by atoms with van der Waals surface area (Å²) in [5.41, 5.74) is 2.87. The van der Waals surface area contributed by atoms with Crippen LogP contribution in [0.4, 0.5) is 17.1 Å². The number of rotatable bonds is 6. The molecule has 0 aliphatic carbocycles. The molecule has 1 aromatic heterocycles. The van der Waals surface area contributed by atoms with Gasteiger partial charge in [0.2, 0.25) is 5.52 Å². The molecular formula is C23H22N3O2S+. The smallest absolute Gasteiger partial charge is 0.269 e. The summed E-state index contributed by atoms with van der Waals surface area (Å²) in [6.45, 7) is 2.65. The van der Waals surface area contributed by atoms with Crippen LogP contribution < -0.4 is 14.6 Å². The highest BCUT2D eigenvalue weighted by molar-refractivity contribution is 7.92. The molecule has 3 aromatic carbocycles. The van der Waals surface area contributed by atoms with Crippen molar-refractivity contribution >= 4 is 38.0 Å². The fourth-order valence-electron chi connectivity index (χ4n) is 3.32. The normalized spacial score (nSPS) is 11.3. The van der Waals surface area contributed by atoms with E-state index in [0.29, 0.717) is 17.9 Å². The van der Waals surface area contributed by atoms with E-state index in [4.69, 9.17) is 0 Å². The van der Waals surface area contributed by atoms with Crippen LogP contribution in [0.3, 0.4) is 0 Å². The molecule has 6 heteroatoms. The zero-order valence-electron chi connectivity index (χ0n) is 16.0. The summed E-state index contributed by atoms with van der Waals surface area (Å²) in [4.78, 5) is 0.200. The first-order chi connectivity index (χ1) is 14.1. The second-order valence-corrected chi connectivity index (χ2v) is 8.28. The van der Waals surface area contributed by atoms with Crippen molar-refractivity contribution in [2.24, 2.45) is 0 Å². The highest BCUT2D eigenvalue weighted by atomic mass is 32.2. The van der Waals surface area contributed by atoms with E-state index in [1.807, 2.05) is 72.2 Å². The standard InChI is InChI=1S/C23H21N3O2S/c1-2-26-17-22(29(27,28)25-19-13-7-4-8-14-19)23(20-15-9-10-16-21(20)26)24-18-11-5-3-6-12-18/h3-17,25H,2H2,1H3/p+1. The number of aryl methyl sites for hydroxylation is 1. The molecule has 2 N–H and O–H groups in total. The summed E-state index contributed by atoms with van der Waals surface area (Å²) < 4.78 is 31.4. The van der Waals surface area contributed by atoms with Crippen molar-refractivity contribution in [1.29, 1.82) is 0 Å². The van der Waals surface area contributed by atoms with Gasteiger partial charge in [0, 0.05) is 17.4 Å². The quantitative estimate of drug-likeness (QED) is 0.458. The fraction of sp³-hybridized carbons (Fsp3) is 0.0870. The third-order valence-electron chi connectivity index (χ3n) is 4.70. The van der Waals surface area contributed by atoms with Gasteiger partial charge in [-0.25, -0.2) is 8.42 Å². The van der Waals surface area contributed by atoms with Crippen LogP contribution in [0.5, 0.6) is 0 Å². The molecule has 0 atom stereocenters. The van der Waals surface area contributed by atoms with Crippen LogP contribution in [0.15, 0.2) is 96.0 Å². The Morgan fingerprint density at radius 2 is 1.38 bits per heavy atom. The third-order valence-corrected chi connectivity index (χ3v) is 6.09. The van der Waals surface area contributed by atoms with E-state index in [1.165, 1.54) is 0 Å². The molecule has 0 bridgehead atoms. The van der Waals surface area contributed by atoms with Crippen LogP contribution in [0, 0.1) is 0 Å². The number of nitrogens with one attached hydrogen (secondary N) is 2. The van der Waals surface area contributed by atoms with Crippen molar-refractivity contribution in [3.8, 4) is 0 Å². The van der Waals surface area contributed by atoms with E-state index in [9.17, 15) is 8.42 Å². The molecule has 1 heterocycles. The van der Waals surface area contributed by atoms with Crippen molar-refractivity contribution < 1.29 is 13.0 Å². The molecule has 4 aromatic rings. The number of fused-ring (bicyclic) bond motifs is 1. The van der Waals surface area contributed by atoms with E-state index in [-0.39, 0.29) is 4.90 Å². The number of sulfonamides is 1. The average molecular weight is 405 g/mol. The Bertz CT molecular complexity index is 1240. The summed E-state index contributed by atoms with van der Waals surface area (Å²) in [5.74, 6) is 0. The lowest BCUT2D eigenvalue weighted by molar-refractivity contribution is -0.669. The van der Waals surface area contributed by atoms with Crippen molar-refractivity contribution in [3.05, 3.63) is 91.1 Å². The van der Waals surface area contributed by atoms with Gasteiger partial charge in [0.05, 0.1) is 11.1 Å². The van der Waals surface area contributed by atoms with Gasteiger partial charge >= 0.3 is 0 Å². The van der Waals surface area contributed by atoms with Crippen LogP contribution >= 0.6 is 0 Å². The van der Waals surface area contributed by atoms with Gasteiger partial charge in [0.1, 0.15) is 6.54 Å². The molecular weight excluding hydrogens is 382 g/mol. The van der Waals surface area contributed by atoms with Crippen molar-refractivity contribution in [2.75, 3.05) is 10.0 Å². The fourth-order valence-corrected chi connectivity index (χ4v) is 4.57. The number of hydrogen-bond acceptors (Lipinski definition) is 3. The molecule has 0 saturated heterocycles. The maximum absolute atomic E-state index is 13.4. The molecule has 0 unspecified atom stereocenters. The van der Waals surface area contributed by atoms with E-state index in [0.717, 1.165) is 16.6 Å². The number of hydrogen-bond donors (Lipinski definition) is 2. The van der Waals surface area contributed by atoms with Gasteiger partial charge < -0.3 is 5.32 Å². The third kappa shape index (κ3) is 3.93. The van der Waals surface area contributed by atoms with Gasteiger partial charge in [-0.05, 0) is 37.3 Å². The van der Waals surface area contributed by atoms with Crippen molar-refractivity contribution in [1.82, 2.24) is 0 Å². The highest BCUT2D eigenvalue weighted by Gasteiger charge is 2.27. The van der Waals surface area contributed by atoms with Crippen LogP contribution in [0.25, 0.3) is 10.9 Å². The lowest BCUT2D eigenvalue weighted by atomic mass is 10.1. The van der Waals surface area contributed by atoms with E-state index in [2.05, 4.69) is 10.0 Å². The summed E-state index contributed by atoms with van der Waals surface area (Å²) >= 11 is 0. The first kappa shape index (κ1) is 19.0. The number of pyridine rings is 1. The van der Waals surface area contributed by atoms with Gasteiger partial charge in [-0.15, -0.1) is 0 Å². The number of aromatic nitrogens is 1. The summed E-state index contributed by atoms with van der Waals surface area (Å²) in [6.07, 6.45) is 1.69. The topological polar surface area (TPSA) is 62.1 Å². The molecule has 0 fully saturated rings. The number of benzene rings is 3. The SMILES string of the molecule is CC[n+]1cc(S(=O)(=O)Nc2ccccc2)c(Nc2ccccc2)c2ccccc21. The summed E-state index contributed by atoms with van der Waals surface area (Å²) in [6, 6.07) is 26.3. The molecule has 0 aliphatic rings. The second-order valence-electron chi connectivity index (χ2n) is 6.63. The molecule has 0 amide bonds. The number of nitrogens with zero attached hydrogens (tertiary/aromatic N) is 1. The first-order valence-corrected chi connectivity index (χ1v) is 10.9. The lowest BCUT2D eigenvalue weighted by Crippen LogP contribution is -2.35. The summed E-state index contributed by atoms with van der Waals surface area (Å²) in [7, 11) is -3.82. The van der Waals surface area contributed by atoms with Crippen LogP contribution in [0.2, 0.25) is 0 Å². The van der Waals surface area contributed by atoms with E-state index < -0.39 is 10.0 Å². The Labute approximate surface area is 170 Å². The minimum atomic E-state index is -3.82. The maximum atomic E-state index is 13.4. The number of para-hydroxylation sites is 3. The Hall–Kier alpha value is -3.38. The summed E-state index contributed by atoms with van der Waals surface area (Å²) in [5, 5.41) is 4.17. The van der Waals surface area contributed by atoms with Gasteiger partial charge in [-0.1, -0.05) is 48.5 Å². The molecule has 29 heavy (non-hydrogen) atoms.